The van der Waals surface area contributed by atoms with Crippen LogP contribution in [0.3, 0.4) is 0 Å². The smallest absolute Gasteiger partial charge is 0.281 e. The first-order valence-electron chi connectivity index (χ1n) is 7.44. The first-order chi connectivity index (χ1) is 11.6. The van der Waals surface area contributed by atoms with Crippen LogP contribution in [0.1, 0.15) is 12.5 Å². The second-order valence-corrected chi connectivity index (χ2v) is 5.47. The molecule has 122 valence electrons. The third kappa shape index (κ3) is 3.14. The molecule has 0 saturated carbocycles. The Kier molecular flexibility index (Phi) is 4.57. The van der Waals surface area contributed by atoms with Gasteiger partial charge in [-0.1, -0.05) is 24.3 Å². The van der Waals surface area contributed by atoms with Crippen LogP contribution in [-0.4, -0.2) is 17.6 Å². The van der Waals surface area contributed by atoms with E-state index in [1.165, 1.54) is 17.0 Å². The van der Waals surface area contributed by atoms with E-state index in [0.717, 1.165) is 0 Å². The van der Waals surface area contributed by atoms with Gasteiger partial charge >= 0.3 is 0 Å². The third-order valence-electron chi connectivity index (χ3n) is 3.44. The fourth-order valence-electron chi connectivity index (χ4n) is 2.44. The summed E-state index contributed by atoms with van der Waals surface area (Å²) in [6.45, 7) is 2.35. The van der Waals surface area contributed by atoms with Gasteiger partial charge in [0.05, 0.1) is 12.3 Å². The molecule has 0 spiro atoms. The molecule has 0 aliphatic carbocycles. The van der Waals surface area contributed by atoms with Crippen LogP contribution in [0.4, 0.5) is 10.1 Å². The summed E-state index contributed by atoms with van der Waals surface area (Å²) >= 11 is 5.29. The lowest BCUT2D eigenvalue weighted by Gasteiger charge is -2.17. The Balaban J connectivity index is 1.95. The normalized spacial score (nSPS) is 15.8. The lowest BCUT2D eigenvalue weighted by atomic mass is 10.2. The van der Waals surface area contributed by atoms with Crippen molar-refractivity contribution in [2.24, 2.45) is 0 Å². The minimum atomic E-state index is -0.365. The fraction of sp³-hybridized carbons (Fsp3) is 0.111. The Morgan fingerprint density at radius 3 is 2.79 bits per heavy atom. The largest absolute Gasteiger partial charge is 0.492 e. The first-order valence-corrected chi connectivity index (χ1v) is 7.85. The number of nitrogens with zero attached hydrogens (tertiary/aromatic N) is 1. The van der Waals surface area contributed by atoms with E-state index in [4.69, 9.17) is 17.0 Å². The predicted octanol–water partition coefficient (Wildman–Crippen LogP) is 3.49. The van der Waals surface area contributed by atoms with Gasteiger partial charge in [-0.15, -0.1) is 0 Å². The van der Waals surface area contributed by atoms with E-state index < -0.39 is 0 Å². The summed E-state index contributed by atoms with van der Waals surface area (Å²) in [6.07, 6.45) is 1.57. The van der Waals surface area contributed by atoms with E-state index in [1.54, 1.807) is 30.3 Å². The molecule has 0 unspecified atom stereocenters. The average molecular weight is 342 g/mol. The number of thiocarbonyl (C=S) groups is 1. The van der Waals surface area contributed by atoms with Gasteiger partial charge in [-0.3, -0.25) is 4.79 Å². The van der Waals surface area contributed by atoms with Crippen molar-refractivity contribution in [3.8, 4) is 5.75 Å². The van der Waals surface area contributed by atoms with Crippen molar-refractivity contribution < 1.29 is 13.9 Å². The number of hydrogen-bond donors (Lipinski definition) is 1. The zero-order chi connectivity index (χ0) is 17.1. The number of ether oxygens (including phenoxy) is 1. The summed E-state index contributed by atoms with van der Waals surface area (Å²) in [7, 11) is 0. The molecule has 3 rings (SSSR count). The van der Waals surface area contributed by atoms with Crippen LogP contribution in [0.15, 0.2) is 54.2 Å². The minimum Gasteiger partial charge on any atom is -0.492 e. The number of hydrogen-bond acceptors (Lipinski definition) is 3. The Morgan fingerprint density at radius 1 is 1.25 bits per heavy atom. The molecule has 1 saturated heterocycles. The summed E-state index contributed by atoms with van der Waals surface area (Å²) in [5.41, 5.74) is 1.44. The molecule has 2 aromatic rings. The predicted molar refractivity (Wildman–Crippen MR) is 95.2 cm³/mol. The molecular formula is C18H15FN2O2S. The van der Waals surface area contributed by atoms with E-state index >= 15 is 0 Å². The van der Waals surface area contributed by atoms with Gasteiger partial charge in [0.2, 0.25) is 0 Å². The molecule has 0 bridgehead atoms. The van der Waals surface area contributed by atoms with Gasteiger partial charge in [-0.05, 0) is 55.0 Å². The summed E-state index contributed by atoms with van der Waals surface area (Å²) in [5.74, 6) is -0.100. The zero-order valence-corrected chi connectivity index (χ0v) is 13.8. The first kappa shape index (κ1) is 16.1. The number of anilines is 1. The van der Waals surface area contributed by atoms with Crippen LogP contribution in [0.25, 0.3) is 6.08 Å². The van der Waals surface area contributed by atoms with Crippen LogP contribution in [0.2, 0.25) is 0 Å². The number of para-hydroxylation sites is 2. The molecule has 1 amide bonds. The summed E-state index contributed by atoms with van der Waals surface area (Å²) in [6, 6.07) is 13.2. The van der Waals surface area contributed by atoms with Crippen molar-refractivity contribution >= 4 is 35.0 Å². The van der Waals surface area contributed by atoms with Gasteiger partial charge in [0, 0.05) is 0 Å². The molecular weight excluding hydrogens is 327 g/mol. The van der Waals surface area contributed by atoms with Gasteiger partial charge in [-0.2, -0.15) is 0 Å². The van der Waals surface area contributed by atoms with Crippen LogP contribution in [0.5, 0.6) is 5.75 Å². The second-order valence-electron chi connectivity index (χ2n) is 5.08. The average Bonchev–Trinajstić information content (AvgIpc) is 2.82. The van der Waals surface area contributed by atoms with Gasteiger partial charge in [0.25, 0.3) is 5.91 Å². The van der Waals surface area contributed by atoms with E-state index in [1.807, 2.05) is 19.1 Å². The Hall–Kier alpha value is -2.73. The zero-order valence-electron chi connectivity index (χ0n) is 13.0. The lowest BCUT2D eigenvalue weighted by Crippen LogP contribution is -2.30. The van der Waals surface area contributed by atoms with E-state index in [9.17, 15) is 9.18 Å². The van der Waals surface area contributed by atoms with Gasteiger partial charge in [0.15, 0.2) is 5.11 Å². The molecule has 6 heteroatoms. The summed E-state index contributed by atoms with van der Waals surface area (Å²) in [4.78, 5) is 14.1. The number of carbonyl (C=O) groups excluding carboxylic acids is 1. The summed E-state index contributed by atoms with van der Waals surface area (Å²) < 4.78 is 18.9. The number of nitrogens with one attached hydrogen (secondary N) is 1. The molecule has 1 N–H and O–H groups in total. The molecule has 2 aromatic carbocycles. The molecule has 24 heavy (non-hydrogen) atoms. The maximum atomic E-state index is 13.3. The van der Waals surface area contributed by atoms with Crippen molar-refractivity contribution in [1.29, 1.82) is 0 Å². The number of rotatable bonds is 4. The molecule has 0 radical (unpaired) electrons. The molecule has 1 fully saturated rings. The molecule has 4 nitrogen and oxygen atoms in total. The number of halogens is 1. The van der Waals surface area contributed by atoms with E-state index in [2.05, 4.69) is 5.32 Å². The molecule has 0 aromatic heterocycles. The fourth-order valence-corrected chi connectivity index (χ4v) is 2.73. The SMILES string of the molecule is CCOc1ccccc1N1C(=O)/C(=C\c2cccc(F)c2)NC1=S. The van der Waals surface area contributed by atoms with Crippen LogP contribution < -0.4 is 15.0 Å². The second kappa shape index (κ2) is 6.80. The Morgan fingerprint density at radius 2 is 2.04 bits per heavy atom. The quantitative estimate of drug-likeness (QED) is 0.682. The molecule has 1 aliphatic heterocycles. The number of amides is 1. The van der Waals surface area contributed by atoms with E-state index in [0.29, 0.717) is 23.6 Å². The standard InChI is InChI=1S/C18H15FN2O2S/c1-2-23-16-9-4-3-8-15(16)21-17(22)14(20-18(21)24)11-12-6-5-7-13(19)10-12/h3-11H,2H2,1H3,(H,20,24)/b14-11+. The Bertz CT molecular complexity index is 835. The highest BCUT2D eigenvalue weighted by molar-refractivity contribution is 7.80. The maximum Gasteiger partial charge on any atom is 0.281 e. The number of benzene rings is 2. The highest BCUT2D eigenvalue weighted by Crippen LogP contribution is 2.31. The van der Waals surface area contributed by atoms with Crippen LogP contribution >= 0.6 is 12.2 Å². The minimum absolute atomic E-state index is 0.259. The lowest BCUT2D eigenvalue weighted by molar-refractivity contribution is -0.113. The molecule has 0 atom stereocenters. The monoisotopic (exact) mass is 342 g/mol. The number of carbonyl (C=O) groups is 1. The van der Waals surface area contributed by atoms with Crippen LogP contribution in [0, 0.1) is 5.82 Å². The van der Waals surface area contributed by atoms with Crippen molar-refractivity contribution in [3.63, 3.8) is 0 Å². The van der Waals surface area contributed by atoms with Gasteiger partial charge < -0.3 is 10.1 Å². The molecule has 1 aliphatic rings. The third-order valence-corrected chi connectivity index (χ3v) is 3.73. The van der Waals surface area contributed by atoms with Gasteiger partial charge in [0.1, 0.15) is 17.3 Å². The van der Waals surface area contributed by atoms with E-state index in [-0.39, 0.29) is 22.5 Å². The molecule has 1 heterocycles. The van der Waals surface area contributed by atoms with Crippen molar-refractivity contribution in [2.75, 3.05) is 11.5 Å². The topological polar surface area (TPSA) is 41.6 Å². The highest BCUT2D eigenvalue weighted by Gasteiger charge is 2.33. The van der Waals surface area contributed by atoms with Crippen molar-refractivity contribution in [2.45, 2.75) is 6.92 Å². The summed E-state index contributed by atoms with van der Waals surface area (Å²) in [5, 5.41) is 3.14. The maximum absolute atomic E-state index is 13.3. The van der Waals surface area contributed by atoms with Gasteiger partial charge in [-0.25, -0.2) is 9.29 Å². The van der Waals surface area contributed by atoms with Crippen LogP contribution in [-0.2, 0) is 4.79 Å². The van der Waals surface area contributed by atoms with Crippen molar-refractivity contribution in [3.05, 3.63) is 65.6 Å². The Labute approximate surface area is 144 Å². The highest BCUT2D eigenvalue weighted by atomic mass is 32.1. The van der Waals surface area contributed by atoms with Crippen molar-refractivity contribution in [1.82, 2.24) is 5.32 Å².